The van der Waals surface area contributed by atoms with Crippen LogP contribution in [0, 0.1) is 6.92 Å². The van der Waals surface area contributed by atoms with Crippen LogP contribution in [0.2, 0.25) is 0 Å². The van der Waals surface area contributed by atoms with Gasteiger partial charge in [-0.1, -0.05) is 78.4 Å². The summed E-state index contributed by atoms with van der Waals surface area (Å²) in [5.74, 6) is 1.74. The summed E-state index contributed by atoms with van der Waals surface area (Å²) in [4.78, 5) is 9.35. The van der Waals surface area contributed by atoms with Gasteiger partial charge in [-0.15, -0.1) is 10.2 Å². The first-order valence-corrected chi connectivity index (χ1v) is 13.1. The molecular weight excluding hydrogens is 472 g/mol. The Morgan fingerprint density at radius 3 is 2.45 bits per heavy atom. The fraction of sp³-hybridized carbons (Fsp3) is 0.290. The molecule has 0 spiro atoms. The number of rotatable bonds is 11. The Morgan fingerprint density at radius 1 is 0.947 bits per heavy atom. The van der Waals surface area contributed by atoms with Crippen molar-refractivity contribution < 1.29 is 4.84 Å². The molecule has 0 aliphatic carbocycles. The number of hydrogen-bond donors (Lipinski definition) is 3. The number of benzene rings is 3. The maximum absolute atomic E-state index is 6.20. The average molecular weight is 509 g/mol. The molecule has 0 amide bonds. The van der Waals surface area contributed by atoms with Gasteiger partial charge in [0.2, 0.25) is 0 Å². The van der Waals surface area contributed by atoms with Crippen molar-refractivity contribution in [2.75, 3.05) is 6.61 Å². The van der Waals surface area contributed by atoms with Gasteiger partial charge in [0.15, 0.2) is 5.82 Å². The third kappa shape index (κ3) is 6.37. The molecule has 1 atom stereocenters. The smallest absolute Gasteiger partial charge is 0.153 e. The number of aromatic amines is 1. The first-order valence-electron chi connectivity index (χ1n) is 13.1. The van der Waals surface area contributed by atoms with E-state index in [1.165, 1.54) is 27.6 Å². The van der Waals surface area contributed by atoms with Gasteiger partial charge in [0.25, 0.3) is 0 Å². The molecule has 0 saturated carbocycles. The van der Waals surface area contributed by atoms with Crippen LogP contribution in [-0.2, 0) is 24.2 Å². The number of aryl methyl sites for hydroxylation is 1. The van der Waals surface area contributed by atoms with Crippen molar-refractivity contribution in [3.05, 3.63) is 119 Å². The highest BCUT2D eigenvalue weighted by Gasteiger charge is 2.24. The first-order chi connectivity index (χ1) is 18.4. The van der Waals surface area contributed by atoms with Gasteiger partial charge in [0, 0.05) is 29.1 Å². The van der Waals surface area contributed by atoms with Crippen molar-refractivity contribution in [1.82, 2.24) is 25.2 Å². The van der Waals surface area contributed by atoms with Crippen molar-refractivity contribution in [2.24, 2.45) is 5.73 Å². The summed E-state index contributed by atoms with van der Waals surface area (Å²) >= 11 is 0. The highest BCUT2D eigenvalue weighted by atomic mass is 16.6. The van der Waals surface area contributed by atoms with Crippen molar-refractivity contribution >= 4 is 10.9 Å². The molecule has 3 aromatic carbocycles. The molecule has 7 heteroatoms. The van der Waals surface area contributed by atoms with Gasteiger partial charge in [-0.3, -0.25) is 4.84 Å². The van der Waals surface area contributed by atoms with E-state index in [0.717, 1.165) is 17.2 Å². The van der Waals surface area contributed by atoms with E-state index in [1.54, 1.807) is 0 Å². The molecule has 0 aliphatic heterocycles. The van der Waals surface area contributed by atoms with E-state index < -0.39 is 5.54 Å². The predicted molar refractivity (Wildman–Crippen MR) is 152 cm³/mol. The fourth-order valence-corrected chi connectivity index (χ4v) is 4.60. The monoisotopic (exact) mass is 508 g/mol. The van der Waals surface area contributed by atoms with Crippen LogP contribution in [-0.4, -0.2) is 31.9 Å². The Hall–Kier alpha value is -3.78. The molecule has 0 fully saturated rings. The largest absolute Gasteiger partial charge is 0.361 e. The van der Waals surface area contributed by atoms with Gasteiger partial charge >= 0.3 is 0 Å². The van der Waals surface area contributed by atoms with Crippen molar-refractivity contribution in [1.29, 1.82) is 0 Å². The minimum atomic E-state index is -0.466. The topological polar surface area (TPSA) is 93.8 Å². The van der Waals surface area contributed by atoms with Gasteiger partial charge < -0.3 is 15.3 Å². The highest BCUT2D eigenvalue weighted by Crippen LogP contribution is 2.26. The van der Waals surface area contributed by atoms with Crippen molar-refractivity contribution in [3.8, 4) is 0 Å². The van der Waals surface area contributed by atoms with Gasteiger partial charge in [0.05, 0.1) is 19.2 Å². The lowest BCUT2D eigenvalue weighted by Gasteiger charge is -2.23. The number of hydroxylamine groups is 1. The molecule has 7 nitrogen and oxygen atoms in total. The van der Waals surface area contributed by atoms with E-state index in [1.807, 2.05) is 26.0 Å². The molecule has 5 rings (SSSR count). The van der Waals surface area contributed by atoms with Gasteiger partial charge in [-0.05, 0) is 49.9 Å². The van der Waals surface area contributed by atoms with E-state index in [0.29, 0.717) is 26.0 Å². The molecule has 4 N–H and O–H groups in total. The Balaban J connectivity index is 1.52. The molecule has 2 heterocycles. The number of nitrogens with one attached hydrogen (secondary N) is 2. The zero-order valence-electron chi connectivity index (χ0n) is 22.3. The van der Waals surface area contributed by atoms with E-state index in [2.05, 4.69) is 100.0 Å². The summed E-state index contributed by atoms with van der Waals surface area (Å²) in [5, 5.41) is 10.6. The number of hydrogen-bond acceptors (Lipinski definition) is 5. The molecular formula is C31H36N6O. The molecule has 0 radical (unpaired) electrons. The number of aromatic nitrogens is 4. The molecule has 2 aromatic heterocycles. The maximum atomic E-state index is 6.20. The average Bonchev–Trinajstić information content (AvgIpc) is 3.49. The minimum Gasteiger partial charge on any atom is -0.361 e. The SMILES string of the molecule is Cc1ccc(Cn2c(Cc3ccccc3)nnc2[C@@H](Cc2c[nH]c3ccccc23)NOCC(C)(C)N)cc1. The second-order valence-corrected chi connectivity index (χ2v) is 10.7. The molecule has 0 unspecified atom stereocenters. The number of nitrogens with zero attached hydrogens (tertiary/aromatic N) is 3. The van der Waals surface area contributed by atoms with Gasteiger partial charge in [-0.2, -0.15) is 5.48 Å². The Bertz CT molecular complexity index is 1460. The Kier molecular flexibility index (Phi) is 7.69. The Labute approximate surface area is 224 Å². The lowest BCUT2D eigenvalue weighted by Crippen LogP contribution is -2.40. The van der Waals surface area contributed by atoms with Crippen LogP contribution in [0.1, 0.15) is 53.8 Å². The second kappa shape index (κ2) is 11.3. The second-order valence-electron chi connectivity index (χ2n) is 10.7. The lowest BCUT2D eigenvalue weighted by atomic mass is 10.0. The molecule has 196 valence electrons. The quantitative estimate of drug-likeness (QED) is 0.212. The van der Waals surface area contributed by atoms with E-state index >= 15 is 0 Å². The third-order valence-electron chi connectivity index (χ3n) is 6.60. The molecule has 38 heavy (non-hydrogen) atoms. The molecule has 0 saturated heterocycles. The van der Waals surface area contributed by atoms with Crippen LogP contribution in [0.15, 0.2) is 85.1 Å². The number of H-pyrrole nitrogens is 1. The summed E-state index contributed by atoms with van der Waals surface area (Å²) < 4.78 is 2.22. The van der Waals surface area contributed by atoms with E-state index in [-0.39, 0.29) is 6.04 Å². The molecule has 0 bridgehead atoms. The first kappa shape index (κ1) is 25.9. The van der Waals surface area contributed by atoms with Gasteiger partial charge in [-0.25, -0.2) is 0 Å². The van der Waals surface area contributed by atoms with Gasteiger partial charge in [0.1, 0.15) is 5.82 Å². The summed E-state index contributed by atoms with van der Waals surface area (Å²) in [6.07, 6.45) is 3.43. The summed E-state index contributed by atoms with van der Waals surface area (Å²) in [7, 11) is 0. The van der Waals surface area contributed by atoms with Crippen molar-refractivity contribution in [2.45, 2.75) is 51.7 Å². The normalized spacial score (nSPS) is 12.7. The number of fused-ring (bicyclic) bond motifs is 1. The van der Waals surface area contributed by atoms with Crippen LogP contribution in [0.25, 0.3) is 10.9 Å². The third-order valence-corrected chi connectivity index (χ3v) is 6.60. The zero-order chi connectivity index (χ0) is 26.5. The lowest BCUT2D eigenvalue weighted by molar-refractivity contribution is -0.00893. The standard InChI is InChI=1S/C31H36N6O/c1-22-13-15-24(16-14-22)20-37-29(17-23-9-5-4-6-10-23)34-35-30(37)28(36-38-21-31(2,3)32)18-25-19-33-27-12-8-7-11-26(25)27/h4-16,19,28,33,36H,17-18,20-21,32H2,1-3H3/t28-/m1/s1. The highest BCUT2D eigenvalue weighted by molar-refractivity contribution is 5.83. The Morgan fingerprint density at radius 2 is 1.68 bits per heavy atom. The number of nitrogens with two attached hydrogens (primary N) is 1. The summed E-state index contributed by atoms with van der Waals surface area (Å²) in [6, 6.07) is 27.1. The molecule has 5 aromatic rings. The van der Waals surface area contributed by atoms with Crippen molar-refractivity contribution in [3.63, 3.8) is 0 Å². The van der Waals surface area contributed by atoms with Crippen LogP contribution >= 0.6 is 0 Å². The van der Waals surface area contributed by atoms with Crippen LogP contribution in [0.5, 0.6) is 0 Å². The van der Waals surface area contributed by atoms with Crippen LogP contribution in [0.3, 0.4) is 0 Å². The zero-order valence-corrected chi connectivity index (χ0v) is 22.3. The minimum absolute atomic E-state index is 0.237. The summed E-state index contributed by atoms with van der Waals surface area (Å²) in [6.45, 7) is 7.02. The number of para-hydroxylation sites is 1. The maximum Gasteiger partial charge on any atom is 0.153 e. The van der Waals surface area contributed by atoms with Crippen LogP contribution < -0.4 is 11.2 Å². The fourth-order valence-electron chi connectivity index (χ4n) is 4.60. The van der Waals surface area contributed by atoms with Crippen LogP contribution in [0.4, 0.5) is 0 Å². The molecule has 0 aliphatic rings. The predicted octanol–water partition coefficient (Wildman–Crippen LogP) is 5.25. The van der Waals surface area contributed by atoms with E-state index in [9.17, 15) is 0 Å². The van der Waals surface area contributed by atoms with E-state index in [4.69, 9.17) is 15.7 Å². The summed E-state index contributed by atoms with van der Waals surface area (Å²) in [5.41, 5.74) is 14.9.